The Morgan fingerprint density at radius 2 is 1.62 bits per heavy atom. The van der Waals surface area contributed by atoms with Crippen molar-refractivity contribution >= 4 is 11.5 Å². The van der Waals surface area contributed by atoms with Gasteiger partial charge >= 0.3 is 0 Å². The van der Waals surface area contributed by atoms with E-state index in [1.165, 1.54) is 0 Å². The average molecular weight is 388 g/mol. The van der Waals surface area contributed by atoms with Crippen LogP contribution >= 0.6 is 0 Å². The van der Waals surface area contributed by atoms with Crippen molar-refractivity contribution in [2.24, 2.45) is 5.41 Å². The molecular weight excluding hydrogens is 358 g/mol. The van der Waals surface area contributed by atoms with E-state index in [9.17, 15) is 0 Å². The van der Waals surface area contributed by atoms with E-state index in [4.69, 9.17) is 9.40 Å². The number of rotatable bonds is 5. The maximum absolute atomic E-state index is 5.71. The number of nitrogens with one attached hydrogen (secondary N) is 1. The van der Waals surface area contributed by atoms with E-state index in [-0.39, 0.29) is 11.0 Å². The highest BCUT2D eigenvalue weighted by Crippen LogP contribution is 2.38. The van der Waals surface area contributed by atoms with Gasteiger partial charge in [-0.25, -0.2) is 4.98 Å². The van der Waals surface area contributed by atoms with Gasteiger partial charge in [0.2, 0.25) is 0 Å². The van der Waals surface area contributed by atoms with Gasteiger partial charge in [-0.05, 0) is 49.9 Å². The summed E-state index contributed by atoms with van der Waals surface area (Å²) in [7, 11) is 0. The summed E-state index contributed by atoms with van der Waals surface area (Å²) in [6, 6.07) is 18.3. The van der Waals surface area contributed by atoms with Crippen LogP contribution in [0.15, 0.2) is 71.5 Å². The van der Waals surface area contributed by atoms with Gasteiger partial charge in [-0.15, -0.1) is 0 Å². The summed E-state index contributed by atoms with van der Waals surface area (Å²) in [6.45, 7) is 11.3. The molecule has 1 aromatic carbocycles. The Hall–Kier alpha value is -3.01. The highest BCUT2D eigenvalue weighted by molar-refractivity contribution is 5.86. The molecule has 0 bridgehead atoms. The van der Waals surface area contributed by atoms with Crippen molar-refractivity contribution in [3.63, 3.8) is 0 Å². The van der Waals surface area contributed by atoms with Crippen LogP contribution in [0.4, 0.5) is 5.82 Å². The van der Waals surface area contributed by atoms with E-state index in [1.54, 1.807) is 6.26 Å². The molecule has 3 aromatic heterocycles. The molecule has 0 aliphatic rings. The number of benzene rings is 1. The number of hydrogen-bond acceptors (Lipinski definition) is 3. The van der Waals surface area contributed by atoms with Gasteiger partial charge in [-0.2, -0.15) is 0 Å². The predicted octanol–water partition coefficient (Wildman–Crippen LogP) is 6.89. The Bertz CT molecular complexity index is 1110. The van der Waals surface area contributed by atoms with Gasteiger partial charge < -0.3 is 9.73 Å². The van der Waals surface area contributed by atoms with Crippen molar-refractivity contribution in [3.8, 4) is 22.6 Å². The third kappa shape index (κ3) is 4.07. The summed E-state index contributed by atoms with van der Waals surface area (Å²) < 4.78 is 7.84. The first-order valence-corrected chi connectivity index (χ1v) is 10.1. The summed E-state index contributed by atoms with van der Waals surface area (Å²) in [5.74, 6) is 1.85. The number of fused-ring (bicyclic) bond motifs is 1. The van der Waals surface area contributed by atoms with Crippen molar-refractivity contribution in [2.45, 2.75) is 46.6 Å². The van der Waals surface area contributed by atoms with Gasteiger partial charge in [-0.3, -0.25) is 4.40 Å². The van der Waals surface area contributed by atoms with E-state index < -0.39 is 0 Å². The molecule has 0 amide bonds. The second-order valence-electron chi connectivity index (χ2n) is 9.51. The number of nitrogens with zero attached hydrogens (tertiary/aromatic N) is 2. The number of hydrogen-bond donors (Lipinski definition) is 1. The molecule has 29 heavy (non-hydrogen) atoms. The van der Waals surface area contributed by atoms with E-state index in [1.807, 2.05) is 36.4 Å². The molecule has 0 aliphatic carbocycles. The lowest BCUT2D eigenvalue weighted by atomic mass is 9.82. The van der Waals surface area contributed by atoms with Crippen LogP contribution in [0, 0.1) is 5.41 Å². The smallest absolute Gasteiger partial charge is 0.139 e. The maximum Gasteiger partial charge on any atom is 0.139 e. The molecule has 0 aliphatic heterocycles. The second-order valence-corrected chi connectivity index (χ2v) is 9.51. The topological polar surface area (TPSA) is 42.5 Å². The standard InChI is InChI=1S/C25H29N3O/c1-24(2,3)17-25(4,5)27-23-22(26-21-14-8-9-15-28(21)23)19-12-7-6-11-18(19)20-13-10-16-29-20/h6-16,27H,17H2,1-5H3. The third-order valence-corrected chi connectivity index (χ3v) is 4.93. The maximum atomic E-state index is 5.71. The average Bonchev–Trinajstić information content (AvgIpc) is 3.28. The first-order valence-electron chi connectivity index (χ1n) is 10.1. The molecule has 0 saturated carbocycles. The van der Waals surface area contributed by atoms with Gasteiger partial charge in [0.15, 0.2) is 0 Å². The zero-order valence-electron chi connectivity index (χ0n) is 17.9. The zero-order chi connectivity index (χ0) is 20.6. The molecule has 0 saturated heterocycles. The lowest BCUT2D eigenvalue weighted by Crippen LogP contribution is -2.36. The van der Waals surface area contributed by atoms with Crippen LogP contribution in [0.2, 0.25) is 0 Å². The number of pyridine rings is 1. The Kier molecular flexibility index (Phi) is 4.73. The van der Waals surface area contributed by atoms with Gasteiger partial charge in [0.05, 0.1) is 6.26 Å². The summed E-state index contributed by atoms with van der Waals surface area (Å²) in [5.41, 5.74) is 4.07. The van der Waals surface area contributed by atoms with Crippen LogP contribution in [0.3, 0.4) is 0 Å². The van der Waals surface area contributed by atoms with Crippen LogP contribution in [0.1, 0.15) is 41.0 Å². The molecule has 4 heteroatoms. The van der Waals surface area contributed by atoms with Gasteiger partial charge in [0.25, 0.3) is 0 Å². The highest BCUT2D eigenvalue weighted by Gasteiger charge is 2.28. The molecular formula is C25H29N3O. The van der Waals surface area contributed by atoms with Crippen molar-refractivity contribution in [2.75, 3.05) is 5.32 Å². The minimum atomic E-state index is -0.0988. The fraction of sp³-hybridized carbons (Fsp3) is 0.320. The molecule has 4 rings (SSSR count). The van der Waals surface area contributed by atoms with E-state index in [0.29, 0.717) is 0 Å². The monoisotopic (exact) mass is 387 g/mol. The fourth-order valence-electron chi connectivity index (χ4n) is 4.33. The summed E-state index contributed by atoms with van der Waals surface area (Å²) in [6.07, 6.45) is 4.80. The normalized spacial score (nSPS) is 12.4. The van der Waals surface area contributed by atoms with Gasteiger partial charge in [0.1, 0.15) is 22.9 Å². The van der Waals surface area contributed by atoms with Crippen LogP contribution in [-0.4, -0.2) is 14.9 Å². The Labute approximate surface area is 172 Å². The SMILES string of the molecule is CC(C)(C)CC(C)(C)Nc1c(-c2ccccc2-c2ccco2)nc2ccccn12. The molecule has 3 heterocycles. The number of furan rings is 1. The van der Waals surface area contributed by atoms with E-state index >= 15 is 0 Å². The minimum Gasteiger partial charge on any atom is -0.464 e. The molecule has 0 atom stereocenters. The molecule has 4 aromatic rings. The number of aromatic nitrogens is 2. The molecule has 1 N–H and O–H groups in total. The number of anilines is 1. The highest BCUT2D eigenvalue weighted by atomic mass is 16.3. The molecule has 4 nitrogen and oxygen atoms in total. The van der Waals surface area contributed by atoms with Crippen LogP contribution in [0.25, 0.3) is 28.2 Å². The molecule has 0 spiro atoms. The largest absolute Gasteiger partial charge is 0.464 e. The molecule has 0 unspecified atom stereocenters. The van der Waals surface area contributed by atoms with E-state index in [2.05, 4.69) is 68.7 Å². The first-order chi connectivity index (χ1) is 13.7. The lowest BCUT2D eigenvalue weighted by Gasteiger charge is -2.34. The Balaban J connectivity index is 1.88. The fourth-order valence-corrected chi connectivity index (χ4v) is 4.33. The van der Waals surface area contributed by atoms with Gasteiger partial charge in [0, 0.05) is 22.9 Å². The summed E-state index contributed by atoms with van der Waals surface area (Å²) in [5, 5.41) is 3.81. The third-order valence-electron chi connectivity index (χ3n) is 4.93. The predicted molar refractivity (Wildman–Crippen MR) is 120 cm³/mol. The first kappa shape index (κ1) is 19.3. The van der Waals surface area contributed by atoms with Crippen LogP contribution in [-0.2, 0) is 0 Å². The van der Waals surface area contributed by atoms with Crippen molar-refractivity contribution in [3.05, 3.63) is 67.1 Å². The van der Waals surface area contributed by atoms with Crippen molar-refractivity contribution in [1.82, 2.24) is 9.38 Å². The number of imidazole rings is 1. The second kappa shape index (κ2) is 7.11. The van der Waals surface area contributed by atoms with E-state index in [0.717, 1.165) is 40.5 Å². The van der Waals surface area contributed by atoms with Crippen molar-refractivity contribution in [1.29, 1.82) is 0 Å². The van der Waals surface area contributed by atoms with Crippen LogP contribution in [0.5, 0.6) is 0 Å². The lowest BCUT2D eigenvalue weighted by molar-refractivity contribution is 0.302. The molecule has 150 valence electrons. The minimum absolute atomic E-state index is 0.0988. The molecule has 0 fully saturated rings. The Morgan fingerprint density at radius 3 is 2.31 bits per heavy atom. The van der Waals surface area contributed by atoms with Crippen molar-refractivity contribution < 1.29 is 4.42 Å². The summed E-state index contributed by atoms with van der Waals surface area (Å²) >= 11 is 0. The van der Waals surface area contributed by atoms with Crippen LogP contribution < -0.4 is 5.32 Å². The Morgan fingerprint density at radius 1 is 0.897 bits per heavy atom. The van der Waals surface area contributed by atoms with Gasteiger partial charge in [-0.1, -0.05) is 51.1 Å². The quantitative estimate of drug-likeness (QED) is 0.405. The molecule has 0 radical (unpaired) electrons. The zero-order valence-corrected chi connectivity index (χ0v) is 17.9. The summed E-state index contributed by atoms with van der Waals surface area (Å²) in [4.78, 5) is 4.99.